The summed E-state index contributed by atoms with van der Waals surface area (Å²) in [6.45, 7) is 6.36. The molecular formula is C9H11BrN2O. The van der Waals surface area contributed by atoms with Gasteiger partial charge in [-0.15, -0.1) is 6.58 Å². The van der Waals surface area contributed by atoms with Crippen molar-refractivity contribution in [3.05, 3.63) is 29.1 Å². The molecule has 70 valence electrons. The lowest BCUT2D eigenvalue weighted by Gasteiger charge is -2.05. The highest BCUT2D eigenvalue weighted by Crippen LogP contribution is 2.19. The van der Waals surface area contributed by atoms with Gasteiger partial charge in [0, 0.05) is 12.6 Å². The average molecular weight is 243 g/mol. The van der Waals surface area contributed by atoms with Crippen LogP contribution in [0.2, 0.25) is 0 Å². The second kappa shape index (κ2) is 4.97. The van der Waals surface area contributed by atoms with Gasteiger partial charge in [-0.25, -0.2) is 9.97 Å². The first kappa shape index (κ1) is 10.2. The van der Waals surface area contributed by atoms with Crippen molar-refractivity contribution in [1.82, 2.24) is 9.97 Å². The van der Waals surface area contributed by atoms with Crippen molar-refractivity contribution in [1.29, 1.82) is 0 Å². The Balaban J connectivity index is 2.45. The van der Waals surface area contributed by atoms with Gasteiger partial charge in [-0.3, -0.25) is 0 Å². The van der Waals surface area contributed by atoms with Gasteiger partial charge < -0.3 is 4.74 Å². The van der Waals surface area contributed by atoms with Crippen LogP contribution in [0.4, 0.5) is 0 Å². The van der Waals surface area contributed by atoms with Gasteiger partial charge in [0.05, 0.1) is 11.1 Å². The Morgan fingerprint density at radius 2 is 2.46 bits per heavy atom. The molecule has 3 nitrogen and oxygen atoms in total. The van der Waals surface area contributed by atoms with Crippen LogP contribution >= 0.6 is 15.9 Å². The number of ether oxygens (including phenoxy) is 1. The number of hydrogen-bond acceptors (Lipinski definition) is 3. The summed E-state index contributed by atoms with van der Waals surface area (Å²) in [5, 5.41) is 0. The second-order valence-corrected chi connectivity index (χ2v) is 3.59. The molecule has 1 aromatic heterocycles. The summed E-state index contributed by atoms with van der Waals surface area (Å²) in [7, 11) is 0. The summed E-state index contributed by atoms with van der Waals surface area (Å²) in [6, 6.07) is 0. The van der Waals surface area contributed by atoms with E-state index in [0.29, 0.717) is 12.5 Å². The minimum Gasteiger partial charge on any atom is -0.476 e. The first-order valence-electron chi connectivity index (χ1n) is 3.93. The van der Waals surface area contributed by atoms with Crippen molar-refractivity contribution in [2.24, 2.45) is 0 Å². The van der Waals surface area contributed by atoms with Crippen molar-refractivity contribution >= 4 is 15.9 Å². The molecule has 4 heteroatoms. The van der Waals surface area contributed by atoms with Crippen molar-refractivity contribution in [3.8, 4) is 5.88 Å². The Morgan fingerprint density at radius 1 is 1.69 bits per heavy atom. The van der Waals surface area contributed by atoms with E-state index in [2.05, 4.69) is 32.5 Å². The Bertz CT molecular complexity index is 301. The fourth-order valence-electron chi connectivity index (χ4n) is 0.730. The highest BCUT2D eigenvalue weighted by atomic mass is 79.9. The van der Waals surface area contributed by atoms with E-state index >= 15 is 0 Å². The summed E-state index contributed by atoms with van der Waals surface area (Å²) in [5.74, 6) is 0.580. The molecule has 0 fully saturated rings. The second-order valence-electron chi connectivity index (χ2n) is 2.73. The summed E-state index contributed by atoms with van der Waals surface area (Å²) in [6.07, 6.45) is 3.96. The number of halogens is 1. The standard InChI is InChI=1S/C9H11BrN2O/c1-7(2)3-4-13-9-8(10)5-11-6-12-9/h5-6H,1,3-4H2,2H3. The fraction of sp³-hybridized carbons (Fsp3) is 0.333. The van der Waals surface area contributed by atoms with Gasteiger partial charge in [-0.05, 0) is 22.9 Å². The zero-order valence-corrected chi connectivity index (χ0v) is 9.04. The van der Waals surface area contributed by atoms with Crippen LogP contribution in [0.1, 0.15) is 13.3 Å². The van der Waals surface area contributed by atoms with Crippen molar-refractivity contribution in [3.63, 3.8) is 0 Å². The predicted octanol–water partition coefficient (Wildman–Crippen LogP) is 2.58. The van der Waals surface area contributed by atoms with Gasteiger partial charge in [-0.1, -0.05) is 5.57 Å². The molecule has 0 unspecified atom stereocenters. The van der Waals surface area contributed by atoms with Gasteiger partial charge in [0.15, 0.2) is 0 Å². The smallest absolute Gasteiger partial charge is 0.231 e. The Morgan fingerprint density at radius 3 is 3.08 bits per heavy atom. The van der Waals surface area contributed by atoms with Crippen LogP contribution in [-0.4, -0.2) is 16.6 Å². The SMILES string of the molecule is C=C(C)CCOc1ncncc1Br. The molecule has 13 heavy (non-hydrogen) atoms. The molecule has 0 spiro atoms. The van der Waals surface area contributed by atoms with Crippen molar-refractivity contribution in [2.45, 2.75) is 13.3 Å². The summed E-state index contributed by atoms with van der Waals surface area (Å²) >= 11 is 3.29. The van der Waals surface area contributed by atoms with Crippen molar-refractivity contribution < 1.29 is 4.74 Å². The van der Waals surface area contributed by atoms with Crippen molar-refractivity contribution in [2.75, 3.05) is 6.61 Å². The van der Waals surface area contributed by atoms with Gasteiger partial charge in [0.2, 0.25) is 5.88 Å². The Labute approximate surface area is 86.0 Å². The van der Waals surface area contributed by atoms with Gasteiger partial charge in [-0.2, -0.15) is 0 Å². The monoisotopic (exact) mass is 242 g/mol. The number of hydrogen-bond donors (Lipinski definition) is 0. The summed E-state index contributed by atoms with van der Waals surface area (Å²) in [5.41, 5.74) is 1.10. The first-order valence-corrected chi connectivity index (χ1v) is 4.72. The maximum absolute atomic E-state index is 5.39. The zero-order chi connectivity index (χ0) is 9.68. The lowest BCUT2D eigenvalue weighted by Crippen LogP contribution is -2.00. The molecule has 0 aromatic carbocycles. The van der Waals surface area contributed by atoms with Crippen LogP contribution in [0.5, 0.6) is 5.88 Å². The molecule has 0 aliphatic heterocycles. The van der Waals surface area contributed by atoms with E-state index in [1.807, 2.05) is 6.92 Å². The van der Waals surface area contributed by atoms with E-state index in [4.69, 9.17) is 4.74 Å². The average Bonchev–Trinajstić information content (AvgIpc) is 2.08. The van der Waals surface area contributed by atoms with E-state index in [0.717, 1.165) is 16.5 Å². The van der Waals surface area contributed by atoms with Gasteiger partial charge in [0.25, 0.3) is 0 Å². The zero-order valence-electron chi connectivity index (χ0n) is 7.46. The third-order valence-electron chi connectivity index (χ3n) is 1.40. The molecule has 0 aliphatic rings. The molecule has 1 rings (SSSR count). The number of rotatable bonds is 4. The molecule has 0 atom stereocenters. The van der Waals surface area contributed by atoms with E-state index < -0.39 is 0 Å². The minimum absolute atomic E-state index is 0.580. The number of aromatic nitrogens is 2. The Hall–Kier alpha value is -0.900. The molecule has 0 saturated carbocycles. The minimum atomic E-state index is 0.580. The lowest BCUT2D eigenvalue weighted by atomic mass is 10.3. The highest BCUT2D eigenvalue weighted by Gasteiger charge is 2.00. The Kier molecular flexibility index (Phi) is 3.89. The largest absolute Gasteiger partial charge is 0.476 e. The molecule has 0 amide bonds. The molecule has 0 aliphatic carbocycles. The van der Waals surface area contributed by atoms with Crippen LogP contribution in [-0.2, 0) is 0 Å². The van der Waals surface area contributed by atoms with E-state index in [-0.39, 0.29) is 0 Å². The van der Waals surface area contributed by atoms with E-state index in [1.54, 1.807) is 6.20 Å². The maximum Gasteiger partial charge on any atom is 0.231 e. The van der Waals surface area contributed by atoms with Crippen LogP contribution < -0.4 is 4.74 Å². The quantitative estimate of drug-likeness (QED) is 0.762. The lowest BCUT2D eigenvalue weighted by molar-refractivity contribution is 0.306. The third-order valence-corrected chi connectivity index (χ3v) is 1.95. The molecule has 0 bridgehead atoms. The molecule has 0 radical (unpaired) electrons. The fourth-order valence-corrected chi connectivity index (χ4v) is 1.06. The van der Waals surface area contributed by atoms with Crippen LogP contribution in [0.25, 0.3) is 0 Å². The molecule has 0 N–H and O–H groups in total. The van der Waals surface area contributed by atoms with Crippen LogP contribution in [0, 0.1) is 0 Å². The predicted molar refractivity (Wildman–Crippen MR) is 54.7 cm³/mol. The van der Waals surface area contributed by atoms with Crippen LogP contribution in [0.15, 0.2) is 29.1 Å². The summed E-state index contributed by atoms with van der Waals surface area (Å²) in [4.78, 5) is 7.80. The van der Waals surface area contributed by atoms with Gasteiger partial charge in [0.1, 0.15) is 6.33 Å². The molecule has 1 aromatic rings. The van der Waals surface area contributed by atoms with E-state index in [1.165, 1.54) is 6.33 Å². The highest BCUT2D eigenvalue weighted by molar-refractivity contribution is 9.10. The number of nitrogens with zero attached hydrogens (tertiary/aromatic N) is 2. The molecular weight excluding hydrogens is 232 g/mol. The van der Waals surface area contributed by atoms with Gasteiger partial charge >= 0.3 is 0 Å². The molecule has 1 heterocycles. The summed E-state index contributed by atoms with van der Waals surface area (Å²) < 4.78 is 6.16. The topological polar surface area (TPSA) is 35.0 Å². The van der Waals surface area contributed by atoms with Crippen LogP contribution in [0.3, 0.4) is 0 Å². The van der Waals surface area contributed by atoms with E-state index in [9.17, 15) is 0 Å². The molecule has 0 saturated heterocycles. The maximum atomic E-state index is 5.39. The third kappa shape index (κ3) is 3.55. The first-order chi connectivity index (χ1) is 6.20. The normalized spacial score (nSPS) is 9.69.